The molecule has 0 bridgehead atoms. The summed E-state index contributed by atoms with van der Waals surface area (Å²) in [4.78, 5) is 12.5. The maximum atomic E-state index is 12.5. The van der Waals surface area contributed by atoms with Gasteiger partial charge in [-0.05, 0) is 55.2 Å². The number of nitrogens with one attached hydrogen (secondary N) is 1. The van der Waals surface area contributed by atoms with Gasteiger partial charge in [0.2, 0.25) is 5.91 Å². The van der Waals surface area contributed by atoms with Crippen molar-refractivity contribution < 1.29 is 9.53 Å². The summed E-state index contributed by atoms with van der Waals surface area (Å²) in [5.74, 6) is -0.240. The summed E-state index contributed by atoms with van der Waals surface area (Å²) >= 11 is 0. The molecular weight excluding hydrogens is 302 g/mol. The summed E-state index contributed by atoms with van der Waals surface area (Å²) in [7, 11) is 0. The third kappa shape index (κ3) is 3.77. The van der Waals surface area contributed by atoms with Gasteiger partial charge in [0.25, 0.3) is 0 Å². The van der Waals surface area contributed by atoms with E-state index in [4.69, 9.17) is 10.5 Å². The highest BCUT2D eigenvalue weighted by atomic mass is 16.5. The number of nitrogens with zero attached hydrogens (tertiary/aromatic N) is 1. The molecule has 1 saturated heterocycles. The Labute approximate surface area is 143 Å². The maximum Gasteiger partial charge on any atom is 0.241 e. The van der Waals surface area contributed by atoms with Crippen LogP contribution in [0.4, 0.5) is 0 Å². The first-order valence-electron chi connectivity index (χ1n) is 8.79. The second-order valence-electron chi connectivity index (χ2n) is 6.94. The summed E-state index contributed by atoms with van der Waals surface area (Å²) in [5, 5.41) is 12.3. The van der Waals surface area contributed by atoms with Crippen LogP contribution in [-0.2, 0) is 28.8 Å². The minimum Gasteiger partial charge on any atom is -0.381 e. The lowest BCUT2D eigenvalue weighted by Crippen LogP contribution is -2.58. The van der Waals surface area contributed by atoms with E-state index in [1.165, 1.54) is 24.0 Å². The Morgan fingerprint density at radius 1 is 1.29 bits per heavy atom. The van der Waals surface area contributed by atoms with Gasteiger partial charge in [-0.2, -0.15) is 5.26 Å². The van der Waals surface area contributed by atoms with E-state index in [0.717, 1.165) is 18.4 Å². The Morgan fingerprint density at radius 3 is 2.71 bits per heavy atom. The van der Waals surface area contributed by atoms with Gasteiger partial charge in [0.1, 0.15) is 6.04 Å². The predicted octanol–water partition coefficient (Wildman–Crippen LogP) is 1.62. The Kier molecular flexibility index (Phi) is 5.17. The van der Waals surface area contributed by atoms with Gasteiger partial charge < -0.3 is 15.8 Å². The topological polar surface area (TPSA) is 88.1 Å². The molecule has 1 aromatic carbocycles. The average Bonchev–Trinajstić information content (AvgIpc) is 2.61. The molecule has 0 aromatic heterocycles. The number of carbonyl (C=O) groups is 1. The monoisotopic (exact) mass is 327 g/mol. The minimum absolute atomic E-state index is 0.240. The number of nitrogens with two attached hydrogens (primary N) is 1. The molecule has 1 aliphatic heterocycles. The van der Waals surface area contributed by atoms with Gasteiger partial charge in [-0.1, -0.05) is 18.2 Å². The number of amides is 1. The summed E-state index contributed by atoms with van der Waals surface area (Å²) < 4.78 is 5.27. The van der Waals surface area contributed by atoms with E-state index in [1.54, 1.807) is 0 Å². The number of ether oxygens (including phenoxy) is 1. The first-order chi connectivity index (χ1) is 11.6. The molecule has 3 N–H and O–H groups in total. The van der Waals surface area contributed by atoms with E-state index in [2.05, 4.69) is 29.6 Å². The molecule has 1 aliphatic carbocycles. The molecule has 1 amide bonds. The van der Waals surface area contributed by atoms with Gasteiger partial charge in [-0.25, -0.2) is 0 Å². The molecule has 2 aliphatic rings. The molecule has 1 heterocycles. The molecular formula is C19H25N3O2. The number of fused-ring (bicyclic) bond motifs is 1. The van der Waals surface area contributed by atoms with Crippen molar-refractivity contribution in [2.45, 2.75) is 56.5 Å². The van der Waals surface area contributed by atoms with Gasteiger partial charge in [0.15, 0.2) is 0 Å². The smallest absolute Gasteiger partial charge is 0.241 e. The fourth-order valence-electron chi connectivity index (χ4n) is 3.54. The molecule has 128 valence electrons. The standard InChI is InChI=1S/C19H25N3O2/c20-13-17(22-18(23)19(21)7-9-24-10-8-19)12-14-5-6-15-3-1-2-4-16(15)11-14/h5-6,11,17H,1-4,7-10,12,21H2,(H,22,23). The lowest BCUT2D eigenvalue weighted by molar-refractivity contribution is -0.130. The van der Waals surface area contributed by atoms with Gasteiger partial charge in [0, 0.05) is 19.6 Å². The Morgan fingerprint density at radius 2 is 2.00 bits per heavy atom. The molecule has 1 unspecified atom stereocenters. The maximum absolute atomic E-state index is 12.5. The van der Waals surface area contributed by atoms with E-state index in [9.17, 15) is 10.1 Å². The molecule has 0 radical (unpaired) electrons. The van der Waals surface area contributed by atoms with Crippen LogP contribution < -0.4 is 11.1 Å². The van der Waals surface area contributed by atoms with E-state index < -0.39 is 11.6 Å². The number of carbonyl (C=O) groups excluding carboxylic acids is 1. The van der Waals surface area contributed by atoms with Crippen molar-refractivity contribution in [2.24, 2.45) is 5.73 Å². The first kappa shape index (κ1) is 16.9. The molecule has 3 rings (SSSR count). The van der Waals surface area contributed by atoms with Gasteiger partial charge >= 0.3 is 0 Å². The Balaban J connectivity index is 1.64. The summed E-state index contributed by atoms with van der Waals surface area (Å²) in [5.41, 5.74) is 9.19. The summed E-state index contributed by atoms with van der Waals surface area (Å²) in [6, 6.07) is 8.08. The van der Waals surface area contributed by atoms with Crippen LogP contribution >= 0.6 is 0 Å². The highest BCUT2D eigenvalue weighted by molar-refractivity contribution is 5.86. The van der Waals surface area contributed by atoms with Crippen molar-refractivity contribution in [1.29, 1.82) is 5.26 Å². The predicted molar refractivity (Wildman–Crippen MR) is 91.3 cm³/mol. The fourth-order valence-corrected chi connectivity index (χ4v) is 3.54. The molecule has 24 heavy (non-hydrogen) atoms. The van der Waals surface area contributed by atoms with Crippen LogP contribution in [0.5, 0.6) is 0 Å². The van der Waals surface area contributed by atoms with Crippen molar-refractivity contribution in [2.75, 3.05) is 13.2 Å². The quantitative estimate of drug-likeness (QED) is 0.879. The zero-order valence-corrected chi connectivity index (χ0v) is 14.0. The number of hydrogen-bond donors (Lipinski definition) is 2. The lowest BCUT2D eigenvalue weighted by Gasteiger charge is -2.32. The normalized spacial score (nSPS) is 20.5. The number of hydrogen-bond acceptors (Lipinski definition) is 4. The van der Waals surface area contributed by atoms with E-state index in [1.807, 2.05) is 0 Å². The van der Waals surface area contributed by atoms with Crippen LogP contribution in [0.25, 0.3) is 0 Å². The van der Waals surface area contributed by atoms with Crippen LogP contribution in [0, 0.1) is 11.3 Å². The van der Waals surface area contributed by atoms with E-state index in [0.29, 0.717) is 32.5 Å². The molecule has 5 heteroatoms. The molecule has 5 nitrogen and oxygen atoms in total. The zero-order chi connectivity index (χ0) is 17.0. The minimum atomic E-state index is -0.913. The van der Waals surface area contributed by atoms with Gasteiger partial charge in [-0.3, -0.25) is 4.79 Å². The van der Waals surface area contributed by atoms with Gasteiger partial charge in [-0.15, -0.1) is 0 Å². The third-order valence-corrected chi connectivity index (χ3v) is 5.15. The SMILES string of the molecule is N#CC(Cc1ccc2c(c1)CCCC2)NC(=O)C1(N)CCOCC1. The lowest BCUT2D eigenvalue weighted by atomic mass is 9.88. The van der Waals surface area contributed by atoms with Gasteiger partial charge in [0.05, 0.1) is 11.6 Å². The molecule has 0 saturated carbocycles. The van der Waals surface area contributed by atoms with Crippen LogP contribution in [0.2, 0.25) is 0 Å². The fraction of sp³-hybridized carbons (Fsp3) is 0.579. The number of rotatable bonds is 4. The molecule has 0 spiro atoms. The molecule has 1 aromatic rings. The highest BCUT2D eigenvalue weighted by Crippen LogP contribution is 2.23. The average molecular weight is 327 g/mol. The van der Waals surface area contributed by atoms with Crippen LogP contribution in [-0.4, -0.2) is 30.7 Å². The second kappa shape index (κ2) is 7.33. The first-order valence-corrected chi connectivity index (χ1v) is 8.79. The van der Waals surface area contributed by atoms with Crippen LogP contribution in [0.15, 0.2) is 18.2 Å². The summed E-state index contributed by atoms with van der Waals surface area (Å²) in [6.07, 6.45) is 6.25. The van der Waals surface area contributed by atoms with Crippen molar-refractivity contribution in [1.82, 2.24) is 5.32 Å². The van der Waals surface area contributed by atoms with Crippen molar-refractivity contribution in [3.8, 4) is 6.07 Å². The Bertz CT molecular complexity index is 645. The van der Waals surface area contributed by atoms with Crippen molar-refractivity contribution in [3.63, 3.8) is 0 Å². The van der Waals surface area contributed by atoms with Crippen LogP contribution in [0.3, 0.4) is 0 Å². The molecule has 1 atom stereocenters. The van der Waals surface area contributed by atoms with E-state index >= 15 is 0 Å². The summed E-state index contributed by atoms with van der Waals surface area (Å²) in [6.45, 7) is 0.984. The highest BCUT2D eigenvalue weighted by Gasteiger charge is 2.36. The third-order valence-electron chi connectivity index (χ3n) is 5.15. The van der Waals surface area contributed by atoms with E-state index in [-0.39, 0.29) is 5.91 Å². The largest absolute Gasteiger partial charge is 0.381 e. The van der Waals surface area contributed by atoms with Crippen molar-refractivity contribution in [3.05, 3.63) is 34.9 Å². The van der Waals surface area contributed by atoms with Crippen molar-refractivity contribution >= 4 is 5.91 Å². The number of nitriles is 1. The number of aryl methyl sites for hydroxylation is 2. The zero-order valence-electron chi connectivity index (χ0n) is 14.0. The second-order valence-corrected chi connectivity index (χ2v) is 6.94. The number of benzene rings is 1. The Hall–Kier alpha value is -1.90. The van der Waals surface area contributed by atoms with Crippen LogP contribution in [0.1, 0.15) is 42.4 Å². The molecule has 1 fully saturated rings.